The van der Waals surface area contributed by atoms with Crippen LogP contribution in [0.4, 0.5) is 23.2 Å². The highest BCUT2D eigenvalue weighted by atomic mass is 32.2. The lowest BCUT2D eigenvalue weighted by Crippen LogP contribution is -2.47. The molecule has 0 spiro atoms. The van der Waals surface area contributed by atoms with Crippen LogP contribution in [0.25, 0.3) is 0 Å². The van der Waals surface area contributed by atoms with Crippen molar-refractivity contribution in [1.29, 1.82) is 0 Å². The number of rotatable bonds is 5. The molecule has 0 atom stereocenters. The summed E-state index contributed by atoms with van der Waals surface area (Å²) < 4.78 is 79.2. The van der Waals surface area contributed by atoms with Gasteiger partial charge in [-0.15, -0.1) is 11.8 Å². The van der Waals surface area contributed by atoms with Crippen LogP contribution in [0.2, 0.25) is 0 Å². The summed E-state index contributed by atoms with van der Waals surface area (Å²) >= 11 is 1.68. The predicted molar refractivity (Wildman–Crippen MR) is 132 cm³/mol. The summed E-state index contributed by atoms with van der Waals surface area (Å²) in [6.45, 7) is 3.64. The Hall–Kier alpha value is -1.82. The minimum atomic E-state index is -4.49. The van der Waals surface area contributed by atoms with Crippen LogP contribution in [0, 0.1) is 11.7 Å². The van der Waals surface area contributed by atoms with Crippen molar-refractivity contribution in [3.63, 3.8) is 0 Å². The van der Waals surface area contributed by atoms with Gasteiger partial charge in [0, 0.05) is 43.7 Å². The number of anilines is 1. The predicted octanol–water partition coefficient (Wildman–Crippen LogP) is 5.28. The van der Waals surface area contributed by atoms with E-state index in [4.69, 9.17) is 0 Å². The van der Waals surface area contributed by atoms with E-state index in [1.807, 2.05) is 6.07 Å². The van der Waals surface area contributed by atoms with Gasteiger partial charge in [0.15, 0.2) is 0 Å². The van der Waals surface area contributed by atoms with Crippen LogP contribution in [0.1, 0.15) is 31.2 Å². The van der Waals surface area contributed by atoms with E-state index >= 15 is 0 Å². The molecule has 36 heavy (non-hydrogen) atoms. The number of sulfonamides is 1. The fourth-order valence-corrected chi connectivity index (χ4v) is 8.05. The molecule has 0 radical (unpaired) electrons. The van der Waals surface area contributed by atoms with Gasteiger partial charge in [-0.25, -0.2) is 12.8 Å². The Morgan fingerprint density at radius 3 is 2.22 bits per heavy atom. The van der Waals surface area contributed by atoms with E-state index in [-0.39, 0.29) is 10.7 Å². The maximum atomic E-state index is 13.5. The Labute approximate surface area is 213 Å². The second-order valence-electron chi connectivity index (χ2n) is 9.76. The number of thioether (sulfide) groups is 1. The summed E-state index contributed by atoms with van der Waals surface area (Å²) in [6.07, 6.45) is -0.938. The standard InChI is InChI=1S/C25H29F4N3O2S2/c26-20-3-6-23-24(15-20)35-17-32(23)21-9-11-30(12-10-21)16-18-7-13-31(14-8-18)36(33,34)22-4-1-19(2-5-22)25(27,28)29/h1-6,15,18,21H,7-14,16-17H2. The van der Waals surface area contributed by atoms with Crippen molar-refractivity contribution in [3.05, 3.63) is 53.8 Å². The lowest BCUT2D eigenvalue weighted by atomic mass is 9.95. The average Bonchev–Trinajstić information content (AvgIpc) is 3.27. The molecule has 5 rings (SSSR count). The van der Waals surface area contributed by atoms with Crippen LogP contribution >= 0.6 is 11.8 Å². The molecule has 2 saturated heterocycles. The lowest BCUT2D eigenvalue weighted by Gasteiger charge is -2.40. The number of fused-ring (bicyclic) bond motifs is 1. The molecule has 0 amide bonds. The fraction of sp³-hybridized carbons (Fsp3) is 0.520. The third kappa shape index (κ3) is 5.39. The number of halogens is 4. The van der Waals surface area contributed by atoms with E-state index < -0.39 is 21.8 Å². The first-order valence-corrected chi connectivity index (χ1v) is 14.6. The van der Waals surface area contributed by atoms with Gasteiger partial charge < -0.3 is 9.80 Å². The minimum absolute atomic E-state index is 0.0968. The van der Waals surface area contributed by atoms with Crippen molar-refractivity contribution in [3.8, 4) is 0 Å². The highest BCUT2D eigenvalue weighted by Crippen LogP contribution is 2.41. The van der Waals surface area contributed by atoms with E-state index in [2.05, 4.69) is 9.80 Å². The molecule has 2 fully saturated rings. The Morgan fingerprint density at radius 1 is 0.917 bits per heavy atom. The molecule has 11 heteroatoms. The SMILES string of the molecule is O=S(=O)(c1ccc(C(F)(F)F)cc1)N1CCC(CN2CCC(N3CSc4cc(F)ccc43)CC2)CC1. The molecule has 0 bridgehead atoms. The smallest absolute Gasteiger partial charge is 0.358 e. The van der Waals surface area contributed by atoms with E-state index in [0.29, 0.717) is 25.0 Å². The Morgan fingerprint density at radius 2 is 1.58 bits per heavy atom. The first-order valence-electron chi connectivity index (χ1n) is 12.2. The van der Waals surface area contributed by atoms with Gasteiger partial charge in [-0.3, -0.25) is 0 Å². The summed E-state index contributed by atoms with van der Waals surface area (Å²) in [5.74, 6) is 1.05. The van der Waals surface area contributed by atoms with Gasteiger partial charge in [-0.2, -0.15) is 17.5 Å². The summed E-state index contributed by atoms with van der Waals surface area (Å²) in [5.41, 5.74) is 0.270. The normalized spacial score (nSPS) is 21.2. The highest BCUT2D eigenvalue weighted by Gasteiger charge is 2.34. The van der Waals surface area contributed by atoms with E-state index in [0.717, 1.165) is 86.0 Å². The summed E-state index contributed by atoms with van der Waals surface area (Å²) in [5, 5.41) is 0. The first-order chi connectivity index (χ1) is 17.1. The molecule has 3 aliphatic rings. The van der Waals surface area contributed by atoms with Crippen molar-refractivity contribution in [2.75, 3.05) is 43.5 Å². The second-order valence-corrected chi connectivity index (χ2v) is 12.7. The molecule has 0 unspecified atom stereocenters. The van der Waals surface area contributed by atoms with Gasteiger partial charge in [-0.1, -0.05) is 0 Å². The Bertz CT molecular complexity index is 1170. The van der Waals surface area contributed by atoms with Crippen LogP contribution in [0.5, 0.6) is 0 Å². The fourth-order valence-electron chi connectivity index (χ4n) is 5.43. The number of piperidine rings is 2. The quantitative estimate of drug-likeness (QED) is 0.481. The third-order valence-electron chi connectivity index (χ3n) is 7.50. The van der Waals surface area contributed by atoms with Gasteiger partial charge >= 0.3 is 6.18 Å². The van der Waals surface area contributed by atoms with Crippen LogP contribution in [0.15, 0.2) is 52.3 Å². The van der Waals surface area contributed by atoms with E-state index in [1.165, 1.54) is 10.4 Å². The van der Waals surface area contributed by atoms with Crippen LogP contribution < -0.4 is 4.90 Å². The highest BCUT2D eigenvalue weighted by molar-refractivity contribution is 7.99. The molecular weight excluding hydrogens is 514 g/mol. The molecule has 196 valence electrons. The summed E-state index contributed by atoms with van der Waals surface area (Å²) in [7, 11) is -3.80. The van der Waals surface area contributed by atoms with Crippen molar-refractivity contribution < 1.29 is 26.0 Å². The molecule has 3 heterocycles. The number of benzene rings is 2. The maximum Gasteiger partial charge on any atom is 0.416 e. The monoisotopic (exact) mass is 543 g/mol. The number of alkyl halides is 3. The zero-order chi connectivity index (χ0) is 25.5. The third-order valence-corrected chi connectivity index (χ3v) is 10.5. The molecule has 2 aromatic rings. The van der Waals surface area contributed by atoms with Crippen molar-refractivity contribution in [1.82, 2.24) is 9.21 Å². The van der Waals surface area contributed by atoms with Crippen LogP contribution in [-0.2, 0) is 16.2 Å². The van der Waals surface area contributed by atoms with Gasteiger partial charge in [0.2, 0.25) is 10.0 Å². The molecule has 3 aliphatic heterocycles. The first kappa shape index (κ1) is 25.8. The number of hydrogen-bond acceptors (Lipinski definition) is 5. The molecule has 0 aromatic heterocycles. The molecule has 2 aromatic carbocycles. The number of hydrogen-bond donors (Lipinski definition) is 0. The summed E-state index contributed by atoms with van der Waals surface area (Å²) in [4.78, 5) is 5.76. The van der Waals surface area contributed by atoms with E-state index in [1.54, 1.807) is 17.8 Å². The van der Waals surface area contributed by atoms with Crippen LogP contribution in [-0.4, -0.2) is 62.3 Å². The topological polar surface area (TPSA) is 43.9 Å². The number of nitrogens with zero attached hydrogens (tertiary/aromatic N) is 3. The van der Waals surface area contributed by atoms with Gasteiger partial charge in [0.1, 0.15) is 5.82 Å². The van der Waals surface area contributed by atoms with Gasteiger partial charge in [-0.05, 0) is 74.1 Å². The lowest BCUT2D eigenvalue weighted by molar-refractivity contribution is -0.137. The average molecular weight is 544 g/mol. The Balaban J connectivity index is 1.10. The van der Waals surface area contributed by atoms with Crippen LogP contribution in [0.3, 0.4) is 0 Å². The van der Waals surface area contributed by atoms with E-state index in [9.17, 15) is 26.0 Å². The maximum absolute atomic E-state index is 13.5. The largest absolute Gasteiger partial charge is 0.416 e. The van der Waals surface area contributed by atoms with Gasteiger partial charge in [0.05, 0.1) is 22.0 Å². The summed E-state index contributed by atoms with van der Waals surface area (Å²) in [6, 6.07) is 9.18. The minimum Gasteiger partial charge on any atom is -0.358 e. The molecule has 5 nitrogen and oxygen atoms in total. The molecule has 0 N–H and O–H groups in total. The second kappa shape index (κ2) is 10.2. The zero-order valence-electron chi connectivity index (χ0n) is 19.8. The van der Waals surface area contributed by atoms with Crippen molar-refractivity contribution in [2.24, 2.45) is 5.92 Å². The van der Waals surface area contributed by atoms with Gasteiger partial charge in [0.25, 0.3) is 0 Å². The molecule has 0 saturated carbocycles. The molecular formula is C25H29F4N3O2S2. The Kier molecular flexibility index (Phi) is 7.28. The van der Waals surface area contributed by atoms with Crippen molar-refractivity contribution >= 4 is 27.5 Å². The zero-order valence-corrected chi connectivity index (χ0v) is 21.4. The molecule has 0 aliphatic carbocycles. The van der Waals surface area contributed by atoms with Crippen molar-refractivity contribution in [2.45, 2.75) is 47.7 Å². The number of likely N-dealkylation sites (tertiary alicyclic amines) is 1.